The topological polar surface area (TPSA) is 32.3 Å². The minimum absolute atomic E-state index is 0.111. The van der Waals surface area contributed by atoms with Gasteiger partial charge in [0.15, 0.2) is 0 Å². The van der Waals surface area contributed by atoms with Gasteiger partial charge in [0.1, 0.15) is 0 Å². The molecule has 1 aliphatic rings. The number of carbonyl (C=O) groups is 1. The first-order valence-corrected chi connectivity index (χ1v) is 11.1. The lowest BCUT2D eigenvalue weighted by Crippen LogP contribution is -2.43. The van der Waals surface area contributed by atoms with E-state index in [1.807, 2.05) is 36.0 Å². The van der Waals surface area contributed by atoms with Crippen LogP contribution in [0.25, 0.3) is 0 Å². The lowest BCUT2D eigenvalue weighted by atomic mass is 9.96. The van der Waals surface area contributed by atoms with Crippen molar-refractivity contribution in [1.29, 1.82) is 0 Å². The number of nitrogens with one attached hydrogen (secondary N) is 1. The summed E-state index contributed by atoms with van der Waals surface area (Å²) in [5, 5.41) is 3.90. The van der Waals surface area contributed by atoms with Crippen molar-refractivity contribution < 1.29 is 4.79 Å². The molecule has 0 aromatic heterocycles. The van der Waals surface area contributed by atoms with Crippen LogP contribution in [0.15, 0.2) is 54.6 Å². The smallest absolute Gasteiger partial charge is 0.224 e. The van der Waals surface area contributed by atoms with Crippen molar-refractivity contribution in [2.24, 2.45) is 5.92 Å². The molecule has 144 valence electrons. The molecule has 1 fully saturated rings. The van der Waals surface area contributed by atoms with Crippen molar-refractivity contribution in [2.45, 2.75) is 25.1 Å². The first-order valence-electron chi connectivity index (χ1n) is 9.57. The molecule has 0 spiro atoms. The molecule has 2 aromatic rings. The van der Waals surface area contributed by atoms with Crippen molar-refractivity contribution in [3.8, 4) is 0 Å². The van der Waals surface area contributed by atoms with E-state index in [2.05, 4.69) is 40.5 Å². The highest BCUT2D eigenvalue weighted by Gasteiger charge is 2.25. The van der Waals surface area contributed by atoms with Crippen molar-refractivity contribution in [1.82, 2.24) is 10.2 Å². The molecule has 0 saturated carbocycles. The van der Waals surface area contributed by atoms with Gasteiger partial charge in [0.05, 0.1) is 5.92 Å². The van der Waals surface area contributed by atoms with E-state index in [4.69, 9.17) is 11.6 Å². The van der Waals surface area contributed by atoms with E-state index in [-0.39, 0.29) is 11.8 Å². The molecule has 3 rings (SSSR count). The summed E-state index contributed by atoms with van der Waals surface area (Å²) in [5.41, 5.74) is 2.54. The van der Waals surface area contributed by atoms with E-state index in [0.29, 0.717) is 0 Å². The van der Waals surface area contributed by atoms with Gasteiger partial charge in [0.25, 0.3) is 0 Å². The van der Waals surface area contributed by atoms with Crippen LogP contribution in [0, 0.1) is 5.92 Å². The van der Waals surface area contributed by atoms with E-state index in [9.17, 15) is 4.79 Å². The van der Waals surface area contributed by atoms with Crippen molar-refractivity contribution >= 4 is 29.3 Å². The average molecular weight is 403 g/mol. The van der Waals surface area contributed by atoms with Crippen LogP contribution in [0.3, 0.4) is 0 Å². The number of carbonyl (C=O) groups excluding carboxylic acids is 1. The maximum absolute atomic E-state index is 12.5. The summed E-state index contributed by atoms with van der Waals surface area (Å²) in [6, 6.07) is 18.4. The Morgan fingerprint density at radius 1 is 1.15 bits per heavy atom. The molecule has 3 nitrogen and oxygen atoms in total. The molecule has 5 heteroatoms. The predicted octanol–water partition coefficient (Wildman–Crippen LogP) is 4.60. The molecule has 27 heavy (non-hydrogen) atoms. The van der Waals surface area contributed by atoms with Gasteiger partial charge in [0, 0.05) is 36.2 Å². The number of likely N-dealkylation sites (tertiary alicyclic amines) is 1. The number of hydrogen-bond acceptors (Lipinski definition) is 3. The Kier molecular flexibility index (Phi) is 8.06. The molecule has 0 bridgehead atoms. The normalized spacial score (nSPS) is 17.6. The number of benzene rings is 2. The van der Waals surface area contributed by atoms with Crippen LogP contribution in [0.1, 0.15) is 24.0 Å². The van der Waals surface area contributed by atoms with Crippen LogP contribution < -0.4 is 5.32 Å². The van der Waals surface area contributed by atoms with Crippen molar-refractivity contribution in [2.75, 3.05) is 25.4 Å². The second-order valence-electron chi connectivity index (χ2n) is 7.03. The Balaban J connectivity index is 1.35. The highest BCUT2D eigenvalue weighted by molar-refractivity contribution is 7.98. The summed E-state index contributed by atoms with van der Waals surface area (Å²) in [5.74, 6) is 2.15. The van der Waals surface area contributed by atoms with Crippen LogP contribution in [-0.4, -0.2) is 36.2 Å². The molecule has 2 aromatic carbocycles. The zero-order chi connectivity index (χ0) is 18.9. The minimum atomic E-state index is 0.111. The monoisotopic (exact) mass is 402 g/mol. The zero-order valence-electron chi connectivity index (χ0n) is 15.6. The molecule has 1 saturated heterocycles. The Morgan fingerprint density at radius 2 is 1.96 bits per heavy atom. The van der Waals surface area contributed by atoms with E-state index in [1.54, 1.807) is 0 Å². The third-order valence-corrected chi connectivity index (χ3v) is 6.09. The van der Waals surface area contributed by atoms with Crippen LogP contribution >= 0.6 is 23.4 Å². The van der Waals surface area contributed by atoms with E-state index in [1.165, 1.54) is 11.1 Å². The Hall–Kier alpha value is -1.49. The maximum Gasteiger partial charge on any atom is 0.224 e. The number of thioether (sulfide) groups is 1. The van der Waals surface area contributed by atoms with Crippen LogP contribution in [0.4, 0.5) is 0 Å². The van der Waals surface area contributed by atoms with Gasteiger partial charge in [0.2, 0.25) is 5.91 Å². The first kappa shape index (κ1) is 20.2. The lowest BCUT2D eigenvalue weighted by molar-refractivity contribution is -0.126. The fraction of sp³-hybridized carbons (Fsp3) is 0.409. The SMILES string of the molecule is O=C(NCCSCc1cccc(Cl)c1)C1CCCN(Cc2ccccc2)C1. The molecule has 1 unspecified atom stereocenters. The van der Waals surface area contributed by atoms with Gasteiger partial charge in [-0.1, -0.05) is 54.1 Å². The minimum Gasteiger partial charge on any atom is -0.355 e. The largest absolute Gasteiger partial charge is 0.355 e. The van der Waals surface area contributed by atoms with E-state index in [0.717, 1.165) is 55.5 Å². The molecule has 1 heterocycles. The second-order valence-corrected chi connectivity index (χ2v) is 8.58. The molecule has 0 aliphatic carbocycles. The highest BCUT2D eigenvalue weighted by atomic mass is 35.5. The van der Waals surface area contributed by atoms with Crippen molar-refractivity contribution in [3.05, 3.63) is 70.7 Å². The third kappa shape index (κ3) is 6.87. The molecule has 1 atom stereocenters. The Morgan fingerprint density at radius 3 is 2.78 bits per heavy atom. The highest BCUT2D eigenvalue weighted by Crippen LogP contribution is 2.19. The zero-order valence-corrected chi connectivity index (χ0v) is 17.1. The van der Waals surface area contributed by atoms with Gasteiger partial charge < -0.3 is 5.32 Å². The predicted molar refractivity (Wildman–Crippen MR) is 115 cm³/mol. The van der Waals surface area contributed by atoms with Crippen LogP contribution in [0.5, 0.6) is 0 Å². The third-order valence-electron chi connectivity index (χ3n) is 4.83. The molecular formula is C22H27ClN2OS. The van der Waals surface area contributed by atoms with Gasteiger partial charge in [-0.05, 0) is 42.6 Å². The number of nitrogens with zero attached hydrogens (tertiary/aromatic N) is 1. The summed E-state index contributed by atoms with van der Waals surface area (Å²) < 4.78 is 0. The summed E-state index contributed by atoms with van der Waals surface area (Å²) in [6.45, 7) is 3.59. The van der Waals surface area contributed by atoms with Gasteiger partial charge >= 0.3 is 0 Å². The number of halogens is 1. The van der Waals surface area contributed by atoms with Gasteiger partial charge in [-0.25, -0.2) is 0 Å². The number of piperidine rings is 1. The molecule has 1 aliphatic heterocycles. The van der Waals surface area contributed by atoms with Crippen molar-refractivity contribution in [3.63, 3.8) is 0 Å². The van der Waals surface area contributed by atoms with Gasteiger partial charge in [-0.3, -0.25) is 9.69 Å². The fourth-order valence-corrected chi connectivity index (χ4v) is 4.48. The van der Waals surface area contributed by atoms with E-state index < -0.39 is 0 Å². The Labute approximate surface area is 171 Å². The quantitative estimate of drug-likeness (QED) is 0.655. The lowest BCUT2D eigenvalue weighted by Gasteiger charge is -2.32. The summed E-state index contributed by atoms with van der Waals surface area (Å²) >= 11 is 7.83. The molecular weight excluding hydrogens is 376 g/mol. The number of hydrogen-bond donors (Lipinski definition) is 1. The molecule has 0 radical (unpaired) electrons. The summed E-state index contributed by atoms with van der Waals surface area (Å²) in [6.07, 6.45) is 2.08. The summed E-state index contributed by atoms with van der Waals surface area (Å²) in [7, 11) is 0. The van der Waals surface area contributed by atoms with Crippen LogP contribution in [0.2, 0.25) is 5.02 Å². The second kappa shape index (κ2) is 10.7. The Bertz CT molecular complexity index is 725. The van der Waals surface area contributed by atoms with Crippen LogP contribution in [-0.2, 0) is 17.1 Å². The fourth-order valence-electron chi connectivity index (χ4n) is 3.46. The number of amides is 1. The molecule has 1 amide bonds. The van der Waals surface area contributed by atoms with Gasteiger partial charge in [-0.2, -0.15) is 11.8 Å². The number of rotatable bonds is 8. The van der Waals surface area contributed by atoms with E-state index >= 15 is 0 Å². The van der Waals surface area contributed by atoms with Gasteiger partial charge in [-0.15, -0.1) is 0 Å². The molecule has 1 N–H and O–H groups in total. The first-order chi connectivity index (χ1) is 13.2. The average Bonchev–Trinajstić information content (AvgIpc) is 2.69. The summed E-state index contributed by atoms with van der Waals surface area (Å²) in [4.78, 5) is 14.9. The maximum atomic E-state index is 12.5. The standard InChI is InChI=1S/C22H27ClN2OS/c23-21-10-4-8-19(14-21)17-27-13-11-24-22(26)20-9-5-12-25(16-20)15-18-6-2-1-3-7-18/h1-4,6-8,10,14,20H,5,9,11-13,15-17H2,(H,24,26).